The van der Waals surface area contributed by atoms with E-state index in [2.05, 4.69) is 6.58 Å². The summed E-state index contributed by atoms with van der Waals surface area (Å²) in [5.74, 6) is -8.37. The number of phenolic OH excluding ortho intramolecular Hbond substituents is 1. The van der Waals surface area contributed by atoms with Crippen molar-refractivity contribution in [3.05, 3.63) is 47.2 Å². The largest absolute Gasteiger partial charge is 0.508 e. The van der Waals surface area contributed by atoms with Crippen molar-refractivity contribution in [2.24, 2.45) is 17.6 Å². The Morgan fingerprint density at radius 3 is 2.44 bits per heavy atom. The van der Waals surface area contributed by atoms with Gasteiger partial charge in [0.1, 0.15) is 17.1 Å². The Morgan fingerprint density at radius 1 is 1.25 bits per heavy atom. The molecule has 32 heavy (non-hydrogen) atoms. The van der Waals surface area contributed by atoms with Crippen LogP contribution in [0.15, 0.2) is 36.1 Å². The molecule has 0 spiro atoms. The lowest BCUT2D eigenvalue weighted by molar-refractivity contribution is -0.160. The van der Waals surface area contributed by atoms with Gasteiger partial charge in [-0.05, 0) is 37.7 Å². The molecule has 1 fully saturated rings. The van der Waals surface area contributed by atoms with Crippen molar-refractivity contribution in [1.82, 2.24) is 4.90 Å². The van der Waals surface area contributed by atoms with Crippen LogP contribution in [0.3, 0.4) is 0 Å². The van der Waals surface area contributed by atoms with Crippen molar-refractivity contribution in [3.8, 4) is 5.75 Å². The molecule has 9 nitrogen and oxygen atoms in total. The van der Waals surface area contributed by atoms with Gasteiger partial charge in [-0.15, -0.1) is 11.6 Å². The van der Waals surface area contributed by atoms with E-state index in [-0.39, 0.29) is 17.6 Å². The number of carbonyl (C=O) groups excluding carboxylic acids is 4. The first kappa shape index (κ1) is 22.2. The summed E-state index contributed by atoms with van der Waals surface area (Å²) in [4.78, 5) is 51.1. The fourth-order valence-corrected chi connectivity index (χ4v) is 5.82. The number of ketones is 3. The zero-order chi connectivity index (χ0) is 23.9. The van der Waals surface area contributed by atoms with Gasteiger partial charge >= 0.3 is 0 Å². The molecule has 3 aliphatic rings. The quantitative estimate of drug-likeness (QED) is 0.279. The number of primary amides is 1. The Bertz CT molecular complexity index is 1170. The van der Waals surface area contributed by atoms with Crippen molar-refractivity contribution in [1.29, 1.82) is 0 Å². The third-order valence-electron chi connectivity index (χ3n) is 6.85. The summed E-state index contributed by atoms with van der Waals surface area (Å²) in [6, 6.07) is 3.10. The minimum atomic E-state index is -2.83. The number of aliphatic hydroxyl groups is 2. The Balaban J connectivity index is 2.02. The van der Waals surface area contributed by atoms with Gasteiger partial charge in [0, 0.05) is 11.8 Å². The first-order chi connectivity index (χ1) is 14.8. The minimum absolute atomic E-state index is 0.184. The molecule has 1 aromatic carbocycles. The Kier molecular flexibility index (Phi) is 4.68. The van der Waals surface area contributed by atoms with E-state index in [0.29, 0.717) is 5.56 Å². The summed E-state index contributed by atoms with van der Waals surface area (Å²) in [6.07, 6.45) is -0.184. The van der Waals surface area contributed by atoms with Crippen LogP contribution in [0.5, 0.6) is 5.75 Å². The van der Waals surface area contributed by atoms with Gasteiger partial charge in [0.25, 0.3) is 5.91 Å². The first-order valence-electron chi connectivity index (χ1n) is 9.77. The number of alkyl halides is 1. The zero-order valence-corrected chi connectivity index (χ0v) is 18.0. The van der Waals surface area contributed by atoms with E-state index < -0.39 is 68.7 Å². The number of allylic oxidation sites excluding steroid dienone is 1. The van der Waals surface area contributed by atoms with Crippen LogP contribution in [0.4, 0.5) is 0 Å². The van der Waals surface area contributed by atoms with Gasteiger partial charge in [0.2, 0.25) is 5.78 Å². The molecular weight excluding hydrogens is 440 g/mol. The van der Waals surface area contributed by atoms with Gasteiger partial charge in [-0.2, -0.15) is 0 Å². The number of Topliss-reactive ketones (excluding diaryl/α,β-unsaturated/α-hetero) is 3. The van der Waals surface area contributed by atoms with E-state index in [1.54, 1.807) is 6.07 Å². The summed E-state index contributed by atoms with van der Waals surface area (Å²) < 4.78 is 0. The van der Waals surface area contributed by atoms with Gasteiger partial charge < -0.3 is 21.1 Å². The molecular formula is C22H21ClN2O7. The number of halogens is 1. The topological polar surface area (TPSA) is 158 Å². The molecule has 168 valence electrons. The average Bonchev–Trinajstić information content (AvgIpc) is 2.70. The number of amides is 1. The molecule has 0 bridgehead atoms. The van der Waals surface area contributed by atoms with Crippen molar-refractivity contribution in [2.75, 3.05) is 14.1 Å². The van der Waals surface area contributed by atoms with E-state index in [9.17, 15) is 34.5 Å². The van der Waals surface area contributed by atoms with E-state index in [1.165, 1.54) is 31.1 Å². The number of nitrogens with two attached hydrogens (primary N) is 1. The summed E-state index contributed by atoms with van der Waals surface area (Å²) in [5.41, 5.74) is 1.87. The van der Waals surface area contributed by atoms with Gasteiger partial charge in [-0.25, -0.2) is 0 Å². The van der Waals surface area contributed by atoms with Gasteiger partial charge in [-0.1, -0.05) is 18.7 Å². The monoisotopic (exact) mass is 460 g/mol. The van der Waals surface area contributed by atoms with E-state index in [4.69, 9.17) is 17.3 Å². The number of rotatable bonds is 2. The van der Waals surface area contributed by atoms with Crippen molar-refractivity contribution < 1.29 is 34.5 Å². The second-order valence-corrected chi connectivity index (χ2v) is 9.21. The minimum Gasteiger partial charge on any atom is -0.508 e. The number of likely N-dealkylation sites (N-methyl/N-ethyl adjacent to an activating group) is 1. The maximum Gasteiger partial charge on any atom is 0.255 e. The lowest BCUT2D eigenvalue weighted by atomic mass is 9.53. The maximum atomic E-state index is 13.8. The van der Waals surface area contributed by atoms with Gasteiger partial charge in [0.05, 0.1) is 11.6 Å². The van der Waals surface area contributed by atoms with Gasteiger partial charge in [-0.3, -0.25) is 24.1 Å². The van der Waals surface area contributed by atoms with Crippen LogP contribution >= 0.6 is 11.6 Å². The van der Waals surface area contributed by atoms with Crippen LogP contribution in [0.25, 0.3) is 5.57 Å². The van der Waals surface area contributed by atoms with Crippen LogP contribution in [-0.2, 0) is 14.4 Å². The summed E-state index contributed by atoms with van der Waals surface area (Å²) in [5, 5.41) is 32.6. The zero-order valence-electron chi connectivity index (χ0n) is 17.3. The number of benzene rings is 1. The summed E-state index contributed by atoms with van der Waals surface area (Å²) in [6.45, 7) is 3.98. The lowest BCUT2D eigenvalue weighted by Crippen LogP contribution is -2.72. The second-order valence-electron chi connectivity index (χ2n) is 8.62. The first-order valence-corrected chi connectivity index (χ1v) is 10.1. The van der Waals surface area contributed by atoms with Crippen LogP contribution in [0, 0.1) is 11.8 Å². The number of hydrogen-bond acceptors (Lipinski definition) is 8. The number of hydrogen-bond donors (Lipinski definition) is 4. The number of aliphatic hydroxyl groups excluding tert-OH is 1. The number of nitrogens with zero attached hydrogens (tertiary/aromatic N) is 1. The smallest absolute Gasteiger partial charge is 0.255 e. The van der Waals surface area contributed by atoms with Crippen molar-refractivity contribution in [2.45, 2.75) is 22.9 Å². The molecule has 0 heterocycles. The standard InChI is InChI=1S/C22H21ClN2O7/c1-8-9-5-4-6-12(26)13(9)17(28)21(23)10(8)7-11-15(25(2)3)16(27)14(19(24)30)18(29)22(11,32)20(21)31/h4-6,10-11,15,26,29,32H,1,7H2,2-3H3,(H2,24,30). The van der Waals surface area contributed by atoms with E-state index in [1.807, 2.05) is 0 Å². The van der Waals surface area contributed by atoms with Crippen molar-refractivity contribution in [3.63, 3.8) is 0 Å². The number of fused-ring (bicyclic) bond motifs is 3. The molecule has 10 heteroatoms. The average molecular weight is 461 g/mol. The fourth-order valence-electron chi connectivity index (χ4n) is 5.36. The molecule has 5 atom stereocenters. The van der Waals surface area contributed by atoms with Crippen LogP contribution in [-0.4, -0.2) is 74.1 Å². The highest BCUT2D eigenvalue weighted by molar-refractivity contribution is 6.52. The maximum absolute atomic E-state index is 13.8. The molecule has 0 saturated heterocycles. The van der Waals surface area contributed by atoms with E-state index >= 15 is 0 Å². The van der Waals surface area contributed by atoms with Crippen LogP contribution < -0.4 is 5.73 Å². The third-order valence-corrected chi connectivity index (χ3v) is 7.45. The molecule has 1 saturated carbocycles. The summed E-state index contributed by atoms with van der Waals surface area (Å²) in [7, 11) is 3.01. The highest BCUT2D eigenvalue weighted by Gasteiger charge is 2.72. The van der Waals surface area contributed by atoms with Gasteiger partial charge in [0.15, 0.2) is 22.0 Å². The number of aromatic hydroxyl groups is 1. The summed E-state index contributed by atoms with van der Waals surface area (Å²) >= 11 is 6.66. The fraction of sp³-hybridized carbons (Fsp3) is 0.364. The molecule has 5 unspecified atom stereocenters. The van der Waals surface area contributed by atoms with Crippen LogP contribution in [0.2, 0.25) is 0 Å². The second kappa shape index (κ2) is 6.74. The predicted molar refractivity (Wildman–Crippen MR) is 113 cm³/mol. The Morgan fingerprint density at radius 2 is 1.88 bits per heavy atom. The molecule has 1 aromatic rings. The van der Waals surface area contributed by atoms with Crippen LogP contribution in [0.1, 0.15) is 22.3 Å². The van der Waals surface area contributed by atoms with Crippen molar-refractivity contribution >= 4 is 40.4 Å². The predicted octanol–water partition coefficient (Wildman–Crippen LogP) is 0.326. The molecule has 0 radical (unpaired) electrons. The Labute approximate surface area is 187 Å². The molecule has 0 aliphatic heterocycles. The molecule has 1 amide bonds. The highest BCUT2D eigenvalue weighted by Crippen LogP contribution is 2.58. The van der Waals surface area contributed by atoms with E-state index in [0.717, 1.165) is 0 Å². The molecule has 3 aliphatic carbocycles. The number of phenols is 1. The Hall–Kier alpha value is -3.01. The molecule has 4 rings (SSSR count). The number of carbonyl (C=O) groups is 4. The highest BCUT2D eigenvalue weighted by atomic mass is 35.5. The third kappa shape index (κ3) is 2.41. The SMILES string of the molecule is C=C1c2cccc(O)c2C(=O)C2(Cl)C(=O)C3(O)C(O)=C(C(N)=O)C(=O)C(N(C)C)C3CC12. The normalized spacial score (nSPS) is 34.3. The molecule has 0 aromatic heterocycles. The molecule has 5 N–H and O–H groups in total. The lowest BCUT2D eigenvalue weighted by Gasteiger charge is -2.54.